The third-order valence-corrected chi connectivity index (χ3v) is 3.63. The highest BCUT2D eigenvalue weighted by Gasteiger charge is 2.14. The summed E-state index contributed by atoms with van der Waals surface area (Å²) in [6.45, 7) is -0.0494. The Kier molecular flexibility index (Phi) is 4.79. The van der Waals surface area contributed by atoms with Gasteiger partial charge in [0.05, 0.1) is 11.3 Å². The minimum Gasteiger partial charge on any atom is -0.455 e. The number of rotatable bonds is 5. The summed E-state index contributed by atoms with van der Waals surface area (Å²) < 4.78 is 24.4. The fourth-order valence-corrected chi connectivity index (χ4v) is 2.34. The van der Waals surface area contributed by atoms with Crippen molar-refractivity contribution in [2.45, 2.75) is 6.61 Å². The van der Waals surface area contributed by atoms with Crippen molar-refractivity contribution in [2.24, 2.45) is 0 Å². The molecule has 25 heavy (non-hydrogen) atoms. The molecule has 0 atom stereocenters. The molecular weight excluding hydrogens is 323 g/mol. The number of esters is 1. The molecule has 0 aliphatic carbocycles. The molecule has 1 heterocycles. The third kappa shape index (κ3) is 3.85. The number of hydrogen-bond acceptors (Lipinski definition) is 5. The summed E-state index contributed by atoms with van der Waals surface area (Å²) in [7, 11) is 3.45. The fraction of sp³-hybridized carbons (Fsp3) is 0.158. The van der Waals surface area contributed by atoms with E-state index in [2.05, 4.69) is 5.16 Å². The summed E-state index contributed by atoms with van der Waals surface area (Å²) in [4.78, 5) is 13.7. The standard InChI is InChI=1S/C19H17FN2O3/c1-22(2)17-9-8-14(10-16(17)20)19(23)24-12-15-11-18(25-21-15)13-6-4-3-5-7-13/h3-11H,12H2,1-2H3. The van der Waals surface area contributed by atoms with Crippen LogP contribution in [0, 0.1) is 5.82 Å². The second-order valence-electron chi connectivity index (χ2n) is 5.69. The van der Waals surface area contributed by atoms with Gasteiger partial charge in [0.25, 0.3) is 0 Å². The Balaban J connectivity index is 1.65. The average molecular weight is 340 g/mol. The zero-order valence-corrected chi connectivity index (χ0v) is 13.9. The van der Waals surface area contributed by atoms with Crippen LogP contribution in [-0.2, 0) is 11.3 Å². The maximum atomic E-state index is 13.9. The molecule has 0 bridgehead atoms. The van der Waals surface area contributed by atoms with Crippen LogP contribution in [0.25, 0.3) is 11.3 Å². The molecule has 3 aromatic rings. The van der Waals surface area contributed by atoms with E-state index in [0.717, 1.165) is 11.6 Å². The van der Waals surface area contributed by atoms with Crippen LogP contribution in [0.5, 0.6) is 0 Å². The topological polar surface area (TPSA) is 55.6 Å². The molecule has 0 aliphatic heterocycles. The number of carbonyl (C=O) groups is 1. The molecule has 0 saturated heterocycles. The molecule has 128 valence electrons. The predicted molar refractivity (Wildman–Crippen MR) is 91.8 cm³/mol. The van der Waals surface area contributed by atoms with Crippen LogP contribution in [0.1, 0.15) is 16.1 Å². The van der Waals surface area contributed by atoms with Gasteiger partial charge in [0, 0.05) is 25.7 Å². The van der Waals surface area contributed by atoms with E-state index in [-0.39, 0.29) is 12.2 Å². The van der Waals surface area contributed by atoms with Gasteiger partial charge in [0.1, 0.15) is 18.1 Å². The van der Waals surface area contributed by atoms with Crippen molar-refractivity contribution < 1.29 is 18.4 Å². The highest BCUT2D eigenvalue weighted by atomic mass is 19.1. The van der Waals surface area contributed by atoms with Gasteiger partial charge in [-0.3, -0.25) is 0 Å². The van der Waals surface area contributed by atoms with Gasteiger partial charge in [-0.25, -0.2) is 9.18 Å². The molecule has 0 spiro atoms. The van der Waals surface area contributed by atoms with Crippen molar-refractivity contribution in [3.63, 3.8) is 0 Å². The Morgan fingerprint density at radius 2 is 1.92 bits per heavy atom. The number of anilines is 1. The Labute approximate surface area is 144 Å². The van der Waals surface area contributed by atoms with E-state index in [1.807, 2.05) is 30.3 Å². The highest BCUT2D eigenvalue weighted by Crippen LogP contribution is 2.21. The van der Waals surface area contributed by atoms with Crippen LogP contribution in [0.2, 0.25) is 0 Å². The lowest BCUT2D eigenvalue weighted by Crippen LogP contribution is -2.12. The van der Waals surface area contributed by atoms with Gasteiger partial charge in [-0.1, -0.05) is 35.5 Å². The molecule has 1 aromatic heterocycles. The minimum atomic E-state index is -0.617. The summed E-state index contributed by atoms with van der Waals surface area (Å²) in [6.07, 6.45) is 0. The molecule has 6 heteroatoms. The Hall–Kier alpha value is -3.15. The normalized spacial score (nSPS) is 10.5. The van der Waals surface area contributed by atoms with Gasteiger partial charge in [0.2, 0.25) is 0 Å². The zero-order chi connectivity index (χ0) is 17.8. The number of halogens is 1. The van der Waals surface area contributed by atoms with E-state index >= 15 is 0 Å². The van der Waals surface area contributed by atoms with E-state index in [4.69, 9.17) is 9.26 Å². The third-order valence-electron chi connectivity index (χ3n) is 3.63. The van der Waals surface area contributed by atoms with Crippen LogP contribution in [-0.4, -0.2) is 25.2 Å². The van der Waals surface area contributed by atoms with E-state index < -0.39 is 11.8 Å². The summed E-state index contributed by atoms with van der Waals surface area (Å²) >= 11 is 0. The summed E-state index contributed by atoms with van der Waals surface area (Å²) in [5.41, 5.74) is 1.92. The van der Waals surface area contributed by atoms with Gasteiger partial charge in [0.15, 0.2) is 5.76 Å². The fourth-order valence-electron chi connectivity index (χ4n) is 2.34. The lowest BCUT2D eigenvalue weighted by Gasteiger charge is -2.13. The van der Waals surface area contributed by atoms with Crippen molar-refractivity contribution in [2.75, 3.05) is 19.0 Å². The maximum Gasteiger partial charge on any atom is 0.338 e. The molecule has 0 aliphatic rings. The smallest absolute Gasteiger partial charge is 0.338 e. The van der Waals surface area contributed by atoms with Gasteiger partial charge in [-0.05, 0) is 18.2 Å². The Bertz CT molecular complexity index is 875. The van der Waals surface area contributed by atoms with E-state index in [9.17, 15) is 9.18 Å². The van der Waals surface area contributed by atoms with Crippen LogP contribution in [0.4, 0.5) is 10.1 Å². The molecule has 0 N–H and O–H groups in total. The van der Waals surface area contributed by atoms with Crippen LogP contribution >= 0.6 is 0 Å². The Morgan fingerprint density at radius 3 is 2.60 bits per heavy atom. The van der Waals surface area contributed by atoms with Crippen molar-refractivity contribution >= 4 is 11.7 Å². The number of carbonyl (C=O) groups excluding carboxylic acids is 1. The summed E-state index contributed by atoms with van der Waals surface area (Å²) in [6, 6.07) is 15.4. The van der Waals surface area contributed by atoms with E-state index in [0.29, 0.717) is 17.1 Å². The molecule has 0 amide bonds. The average Bonchev–Trinajstić information content (AvgIpc) is 3.09. The number of nitrogens with zero attached hydrogens (tertiary/aromatic N) is 2. The first-order valence-electron chi connectivity index (χ1n) is 7.69. The number of aromatic nitrogens is 1. The van der Waals surface area contributed by atoms with Crippen molar-refractivity contribution in [3.05, 3.63) is 71.7 Å². The predicted octanol–water partition coefficient (Wildman–Crippen LogP) is 3.90. The first-order chi connectivity index (χ1) is 12.0. The molecule has 0 unspecified atom stereocenters. The minimum absolute atomic E-state index is 0.0494. The summed E-state index contributed by atoms with van der Waals surface area (Å²) in [5, 5.41) is 3.88. The quantitative estimate of drug-likeness (QED) is 0.659. The van der Waals surface area contributed by atoms with Gasteiger partial charge in [-0.15, -0.1) is 0 Å². The van der Waals surface area contributed by atoms with Crippen LogP contribution in [0.15, 0.2) is 59.1 Å². The SMILES string of the molecule is CN(C)c1ccc(C(=O)OCc2cc(-c3ccccc3)on2)cc1F. The monoisotopic (exact) mass is 340 g/mol. The van der Waals surface area contributed by atoms with Gasteiger partial charge in [-0.2, -0.15) is 0 Å². The number of benzene rings is 2. The molecule has 0 radical (unpaired) electrons. The zero-order valence-electron chi connectivity index (χ0n) is 13.9. The van der Waals surface area contributed by atoms with Crippen LogP contribution < -0.4 is 4.90 Å². The van der Waals surface area contributed by atoms with Crippen molar-refractivity contribution in [1.82, 2.24) is 5.16 Å². The second-order valence-corrected chi connectivity index (χ2v) is 5.69. The second kappa shape index (κ2) is 7.17. The maximum absolute atomic E-state index is 13.9. The van der Waals surface area contributed by atoms with E-state index in [1.54, 1.807) is 25.1 Å². The van der Waals surface area contributed by atoms with Gasteiger partial charge >= 0.3 is 5.97 Å². The number of hydrogen-bond donors (Lipinski definition) is 0. The molecule has 0 saturated carbocycles. The molecular formula is C19H17FN2O3. The number of ether oxygens (including phenoxy) is 1. The molecule has 0 fully saturated rings. The van der Waals surface area contributed by atoms with E-state index in [1.165, 1.54) is 12.1 Å². The molecule has 3 rings (SSSR count). The lowest BCUT2D eigenvalue weighted by molar-refractivity contribution is 0.0464. The highest BCUT2D eigenvalue weighted by molar-refractivity contribution is 5.89. The molecule has 5 nitrogen and oxygen atoms in total. The van der Waals surface area contributed by atoms with Gasteiger partial charge < -0.3 is 14.2 Å². The molecule has 2 aromatic carbocycles. The Morgan fingerprint density at radius 1 is 1.16 bits per heavy atom. The van der Waals surface area contributed by atoms with Crippen LogP contribution in [0.3, 0.4) is 0 Å². The first kappa shape index (κ1) is 16.7. The first-order valence-corrected chi connectivity index (χ1v) is 7.69. The lowest BCUT2D eigenvalue weighted by atomic mass is 10.2. The van der Waals surface area contributed by atoms with Crippen molar-refractivity contribution in [1.29, 1.82) is 0 Å². The van der Waals surface area contributed by atoms with Crippen molar-refractivity contribution in [3.8, 4) is 11.3 Å². The summed E-state index contributed by atoms with van der Waals surface area (Å²) in [5.74, 6) is -0.506. The largest absolute Gasteiger partial charge is 0.455 e.